The van der Waals surface area contributed by atoms with Crippen LogP contribution in [0.25, 0.3) is 0 Å². The molecule has 1 saturated heterocycles. The number of fused-ring (bicyclic) bond motifs is 2. The lowest BCUT2D eigenvalue weighted by atomic mass is 9.65. The van der Waals surface area contributed by atoms with Crippen LogP contribution in [-0.4, -0.2) is 26.1 Å². The number of carbonyl (C=O) groups excluding carboxylic acids is 1. The average Bonchev–Trinajstić information content (AvgIpc) is 3.04. The van der Waals surface area contributed by atoms with Gasteiger partial charge in [0.2, 0.25) is 5.91 Å². The van der Waals surface area contributed by atoms with E-state index in [-0.39, 0.29) is 17.1 Å². The quantitative estimate of drug-likeness (QED) is 0.599. The van der Waals surface area contributed by atoms with Gasteiger partial charge in [-0.2, -0.15) is 0 Å². The molecule has 0 radical (unpaired) electrons. The van der Waals surface area contributed by atoms with Gasteiger partial charge in [-0.15, -0.1) is 0 Å². The monoisotopic (exact) mass is 427 g/mol. The molecule has 2 fully saturated rings. The third kappa shape index (κ3) is 3.24. The molecule has 2 aromatic carbocycles. The predicted molar refractivity (Wildman–Crippen MR) is 118 cm³/mol. The van der Waals surface area contributed by atoms with Gasteiger partial charge in [0, 0.05) is 17.4 Å². The number of amides is 1. The zero-order valence-electron chi connectivity index (χ0n) is 17.0. The molecule has 158 valence electrons. The topological polar surface area (TPSA) is 62.4 Å². The van der Waals surface area contributed by atoms with Crippen LogP contribution in [0.2, 0.25) is 0 Å². The van der Waals surface area contributed by atoms with Crippen molar-refractivity contribution in [3.05, 3.63) is 47.3 Å². The number of anilines is 2. The van der Waals surface area contributed by atoms with Crippen LogP contribution in [0.4, 0.5) is 15.8 Å². The minimum atomic E-state index is -0.354. The first-order chi connectivity index (χ1) is 14.6. The Bertz CT molecular complexity index is 987. The summed E-state index contributed by atoms with van der Waals surface area (Å²) in [6.45, 7) is 2.00. The van der Waals surface area contributed by atoms with E-state index in [9.17, 15) is 9.18 Å². The molecule has 0 aromatic heterocycles. The summed E-state index contributed by atoms with van der Waals surface area (Å²) in [5, 5.41) is 6.65. The van der Waals surface area contributed by atoms with Crippen molar-refractivity contribution in [2.75, 3.05) is 30.2 Å². The number of hydrogen-bond acceptors (Lipinski definition) is 5. The molecule has 1 spiro atoms. The van der Waals surface area contributed by atoms with Crippen molar-refractivity contribution in [1.82, 2.24) is 5.32 Å². The molecule has 7 heteroatoms. The van der Waals surface area contributed by atoms with Crippen LogP contribution in [0.1, 0.15) is 49.1 Å². The van der Waals surface area contributed by atoms with Gasteiger partial charge < -0.3 is 20.1 Å². The Morgan fingerprint density at radius 3 is 2.70 bits per heavy atom. The van der Waals surface area contributed by atoms with Crippen molar-refractivity contribution in [2.24, 2.45) is 0 Å². The number of piperidine rings is 1. The number of methoxy groups -OCH3 is 1. The van der Waals surface area contributed by atoms with Gasteiger partial charge in [-0.1, -0.05) is 6.42 Å². The Labute approximate surface area is 180 Å². The summed E-state index contributed by atoms with van der Waals surface area (Å²) in [6, 6.07) is 8.84. The summed E-state index contributed by atoms with van der Waals surface area (Å²) in [6.07, 6.45) is 5.06. The lowest BCUT2D eigenvalue weighted by molar-refractivity contribution is -0.123. The molecule has 3 N–H and O–H groups in total. The first-order valence-electron chi connectivity index (χ1n) is 10.6. The van der Waals surface area contributed by atoms with E-state index in [0.717, 1.165) is 67.0 Å². The molecule has 0 atom stereocenters. The SMILES string of the molecule is COc1cc(F)ccc1SNc1cc(C2CCNCC2)c2c(c1)C1(CCC1)C(=O)N2. The van der Waals surface area contributed by atoms with E-state index < -0.39 is 0 Å². The maximum atomic E-state index is 13.5. The van der Waals surface area contributed by atoms with Crippen molar-refractivity contribution in [2.45, 2.75) is 48.3 Å². The summed E-state index contributed by atoms with van der Waals surface area (Å²) >= 11 is 1.40. The Morgan fingerprint density at radius 2 is 2.00 bits per heavy atom. The summed E-state index contributed by atoms with van der Waals surface area (Å²) in [4.78, 5) is 13.7. The van der Waals surface area contributed by atoms with Gasteiger partial charge in [-0.25, -0.2) is 4.39 Å². The average molecular weight is 428 g/mol. The highest BCUT2D eigenvalue weighted by atomic mass is 32.2. The third-order valence-electron chi connectivity index (χ3n) is 6.75. The van der Waals surface area contributed by atoms with E-state index in [0.29, 0.717) is 11.7 Å². The molecular formula is C23H26FN3O2S. The van der Waals surface area contributed by atoms with E-state index in [2.05, 4.69) is 27.5 Å². The van der Waals surface area contributed by atoms with Crippen molar-refractivity contribution < 1.29 is 13.9 Å². The Balaban J connectivity index is 1.49. The maximum Gasteiger partial charge on any atom is 0.235 e. The van der Waals surface area contributed by atoms with Crippen LogP contribution >= 0.6 is 11.9 Å². The minimum Gasteiger partial charge on any atom is -0.495 e. The molecule has 5 rings (SSSR count). The van der Waals surface area contributed by atoms with E-state index in [1.165, 1.54) is 29.6 Å². The van der Waals surface area contributed by atoms with Gasteiger partial charge in [0.05, 0.1) is 17.4 Å². The van der Waals surface area contributed by atoms with E-state index in [1.54, 1.807) is 13.2 Å². The second-order valence-corrected chi connectivity index (χ2v) is 9.25. The zero-order chi connectivity index (χ0) is 20.7. The van der Waals surface area contributed by atoms with Crippen LogP contribution in [-0.2, 0) is 10.2 Å². The maximum absolute atomic E-state index is 13.5. The molecule has 1 aliphatic carbocycles. The number of benzene rings is 2. The van der Waals surface area contributed by atoms with Crippen molar-refractivity contribution in [3.63, 3.8) is 0 Å². The number of halogens is 1. The number of rotatable bonds is 5. The first-order valence-corrected chi connectivity index (χ1v) is 11.4. The van der Waals surface area contributed by atoms with Crippen molar-refractivity contribution in [3.8, 4) is 5.75 Å². The van der Waals surface area contributed by atoms with Gasteiger partial charge in [-0.3, -0.25) is 4.79 Å². The van der Waals surface area contributed by atoms with Crippen LogP contribution in [0.5, 0.6) is 5.75 Å². The summed E-state index contributed by atoms with van der Waals surface area (Å²) in [5.41, 5.74) is 4.04. The van der Waals surface area contributed by atoms with Gasteiger partial charge in [0.15, 0.2) is 0 Å². The Morgan fingerprint density at radius 1 is 1.20 bits per heavy atom. The summed E-state index contributed by atoms with van der Waals surface area (Å²) in [7, 11) is 1.54. The molecule has 5 nitrogen and oxygen atoms in total. The fraction of sp³-hybridized carbons (Fsp3) is 0.435. The first kappa shape index (κ1) is 19.7. The van der Waals surface area contributed by atoms with E-state index >= 15 is 0 Å². The lowest BCUT2D eigenvalue weighted by Gasteiger charge is -2.36. The highest BCUT2D eigenvalue weighted by Crippen LogP contribution is 2.54. The summed E-state index contributed by atoms with van der Waals surface area (Å²) in [5.74, 6) is 0.768. The zero-order valence-corrected chi connectivity index (χ0v) is 17.8. The fourth-order valence-electron chi connectivity index (χ4n) is 4.92. The molecule has 0 bridgehead atoms. The second kappa shape index (κ2) is 7.78. The van der Waals surface area contributed by atoms with Crippen LogP contribution in [0, 0.1) is 5.82 Å². The molecule has 1 amide bonds. The molecule has 0 unspecified atom stereocenters. The van der Waals surface area contributed by atoms with Gasteiger partial charge in [0.25, 0.3) is 0 Å². The number of hydrogen-bond donors (Lipinski definition) is 3. The number of nitrogens with one attached hydrogen (secondary N) is 3. The molecule has 1 saturated carbocycles. The van der Waals surface area contributed by atoms with Crippen molar-refractivity contribution in [1.29, 1.82) is 0 Å². The molecule has 3 aliphatic rings. The normalized spacial score (nSPS) is 19.9. The van der Waals surface area contributed by atoms with Crippen LogP contribution in [0.3, 0.4) is 0 Å². The smallest absolute Gasteiger partial charge is 0.235 e. The molecule has 30 heavy (non-hydrogen) atoms. The van der Waals surface area contributed by atoms with Crippen LogP contribution in [0.15, 0.2) is 35.2 Å². The molecule has 2 aromatic rings. The highest BCUT2D eigenvalue weighted by molar-refractivity contribution is 8.00. The van der Waals surface area contributed by atoms with Crippen LogP contribution < -0.4 is 20.1 Å². The predicted octanol–water partition coefficient (Wildman–Crippen LogP) is 4.79. The lowest BCUT2D eigenvalue weighted by Crippen LogP contribution is -2.40. The molecular weight excluding hydrogens is 401 g/mol. The highest BCUT2D eigenvalue weighted by Gasteiger charge is 2.52. The minimum absolute atomic E-state index is 0.156. The Kier molecular flexibility index (Phi) is 5.11. The van der Waals surface area contributed by atoms with E-state index in [4.69, 9.17) is 4.74 Å². The second-order valence-electron chi connectivity index (χ2n) is 8.40. The summed E-state index contributed by atoms with van der Waals surface area (Å²) < 4.78 is 22.3. The number of carbonyl (C=O) groups is 1. The van der Waals surface area contributed by atoms with Gasteiger partial charge in [-0.05, 0) is 92.0 Å². The van der Waals surface area contributed by atoms with Gasteiger partial charge >= 0.3 is 0 Å². The third-order valence-corrected chi connectivity index (χ3v) is 7.64. The largest absolute Gasteiger partial charge is 0.495 e. The molecule has 2 aliphatic heterocycles. The van der Waals surface area contributed by atoms with E-state index in [1.807, 2.05) is 0 Å². The standard InChI is InChI=1S/C23H26FN3O2S/c1-29-19-11-15(24)3-4-20(19)30-27-16-12-17(14-5-9-25-10-6-14)21-18(13-16)23(7-2-8-23)22(28)26-21/h3-4,11-14,25,27H,2,5-10H2,1H3,(H,26,28). The fourth-order valence-corrected chi connectivity index (χ4v) is 5.64. The Hall–Kier alpha value is -2.25. The van der Waals surface area contributed by atoms with Gasteiger partial charge in [0.1, 0.15) is 11.6 Å². The molecule has 2 heterocycles. The van der Waals surface area contributed by atoms with Crippen molar-refractivity contribution >= 4 is 29.2 Å². The number of ether oxygens (including phenoxy) is 1.